The van der Waals surface area contributed by atoms with E-state index in [9.17, 15) is 4.79 Å². The molecule has 0 N–H and O–H groups in total. The summed E-state index contributed by atoms with van der Waals surface area (Å²) in [5.41, 5.74) is 0. The van der Waals surface area contributed by atoms with Gasteiger partial charge in [-0.25, -0.2) is 0 Å². The molecular formula is C11H21ClO. The lowest BCUT2D eigenvalue weighted by atomic mass is 10.1. The number of hydrogen-bond donors (Lipinski definition) is 0. The van der Waals surface area contributed by atoms with E-state index in [-0.39, 0.29) is 5.38 Å². The predicted octanol–water partition coefficient (Wildman–Crippen LogP) is 3.93. The van der Waals surface area contributed by atoms with Gasteiger partial charge in [0.25, 0.3) is 0 Å². The molecule has 0 saturated heterocycles. The minimum Gasteiger partial charge on any atom is -0.302 e. The Morgan fingerprint density at radius 1 is 1.08 bits per heavy atom. The molecule has 0 rings (SSSR count). The maximum absolute atomic E-state index is 10.2. The Labute approximate surface area is 86.9 Å². The maximum Gasteiger partial charge on any atom is 0.137 e. The Morgan fingerprint density at radius 3 is 2.15 bits per heavy atom. The molecule has 0 bridgehead atoms. The van der Waals surface area contributed by atoms with Crippen LogP contribution in [0, 0.1) is 0 Å². The number of rotatable bonds is 9. The van der Waals surface area contributed by atoms with Gasteiger partial charge in [-0.2, -0.15) is 0 Å². The minimum atomic E-state index is -0.254. The van der Waals surface area contributed by atoms with Crippen LogP contribution in [0.25, 0.3) is 0 Å². The van der Waals surface area contributed by atoms with E-state index in [2.05, 4.69) is 6.92 Å². The zero-order chi connectivity index (χ0) is 9.94. The van der Waals surface area contributed by atoms with Crippen molar-refractivity contribution in [3.05, 3.63) is 0 Å². The average molecular weight is 205 g/mol. The van der Waals surface area contributed by atoms with Crippen molar-refractivity contribution < 1.29 is 4.79 Å². The first-order chi connectivity index (χ1) is 6.31. The van der Waals surface area contributed by atoms with Crippen molar-refractivity contribution in [1.82, 2.24) is 0 Å². The largest absolute Gasteiger partial charge is 0.302 e. The highest BCUT2D eigenvalue weighted by atomic mass is 35.5. The van der Waals surface area contributed by atoms with Gasteiger partial charge in [0.1, 0.15) is 6.29 Å². The van der Waals surface area contributed by atoms with Crippen LogP contribution >= 0.6 is 11.6 Å². The number of halogens is 1. The Balaban J connectivity index is 2.95. The first-order valence-corrected chi connectivity index (χ1v) is 5.84. The van der Waals surface area contributed by atoms with Gasteiger partial charge in [-0.1, -0.05) is 51.9 Å². The van der Waals surface area contributed by atoms with Crippen molar-refractivity contribution >= 4 is 17.9 Å². The highest BCUT2D eigenvalue weighted by Gasteiger charge is 2.00. The molecule has 13 heavy (non-hydrogen) atoms. The van der Waals surface area contributed by atoms with Crippen molar-refractivity contribution in [1.29, 1.82) is 0 Å². The Hall–Kier alpha value is -0.0400. The fraction of sp³-hybridized carbons (Fsp3) is 0.909. The highest BCUT2D eigenvalue weighted by Crippen LogP contribution is 2.10. The van der Waals surface area contributed by atoms with Crippen LogP contribution in [0.2, 0.25) is 0 Å². The summed E-state index contributed by atoms with van der Waals surface area (Å²) >= 11 is 5.66. The molecule has 0 aliphatic carbocycles. The van der Waals surface area contributed by atoms with E-state index in [0.717, 1.165) is 19.1 Å². The molecule has 0 spiro atoms. The predicted molar refractivity (Wildman–Crippen MR) is 58.3 cm³/mol. The first kappa shape index (κ1) is 13.0. The van der Waals surface area contributed by atoms with Crippen LogP contribution in [0.1, 0.15) is 58.3 Å². The summed E-state index contributed by atoms with van der Waals surface area (Å²) in [4.78, 5) is 10.2. The third kappa shape index (κ3) is 9.88. The van der Waals surface area contributed by atoms with Crippen LogP contribution in [-0.2, 0) is 4.79 Å². The smallest absolute Gasteiger partial charge is 0.137 e. The molecule has 78 valence electrons. The second kappa shape index (κ2) is 10.0. The summed E-state index contributed by atoms with van der Waals surface area (Å²) < 4.78 is 0. The van der Waals surface area contributed by atoms with Crippen LogP contribution in [0.5, 0.6) is 0 Å². The van der Waals surface area contributed by atoms with Crippen molar-refractivity contribution in [3.63, 3.8) is 0 Å². The normalized spacial score (nSPS) is 12.8. The summed E-state index contributed by atoms with van der Waals surface area (Å²) in [5, 5.41) is -0.254. The Kier molecular flexibility index (Phi) is 10.0. The summed E-state index contributed by atoms with van der Waals surface area (Å²) in [6.07, 6.45) is 10.6. The molecular weight excluding hydrogens is 184 g/mol. The molecule has 2 heteroatoms. The van der Waals surface area contributed by atoms with Crippen LogP contribution in [0.4, 0.5) is 0 Å². The van der Waals surface area contributed by atoms with Gasteiger partial charge in [-0.3, -0.25) is 0 Å². The summed E-state index contributed by atoms with van der Waals surface area (Å²) in [5.74, 6) is 0. The number of unbranched alkanes of at least 4 members (excludes halogenated alkanes) is 6. The highest BCUT2D eigenvalue weighted by molar-refractivity contribution is 6.27. The lowest BCUT2D eigenvalue weighted by Crippen LogP contribution is -1.98. The first-order valence-electron chi connectivity index (χ1n) is 5.40. The molecule has 0 aromatic rings. The summed E-state index contributed by atoms with van der Waals surface area (Å²) in [6.45, 7) is 2.22. The van der Waals surface area contributed by atoms with E-state index < -0.39 is 0 Å². The number of aldehydes is 1. The maximum atomic E-state index is 10.2. The van der Waals surface area contributed by atoms with E-state index >= 15 is 0 Å². The number of hydrogen-bond acceptors (Lipinski definition) is 1. The second-order valence-electron chi connectivity index (χ2n) is 3.56. The molecule has 0 aromatic heterocycles. The van der Waals surface area contributed by atoms with Crippen LogP contribution < -0.4 is 0 Å². The second-order valence-corrected chi connectivity index (χ2v) is 4.12. The SMILES string of the molecule is CCCCCCCCC[C@H](Cl)C=O. The zero-order valence-electron chi connectivity index (χ0n) is 8.60. The van der Waals surface area contributed by atoms with Crippen LogP contribution in [0.15, 0.2) is 0 Å². The van der Waals surface area contributed by atoms with Gasteiger partial charge in [-0.05, 0) is 6.42 Å². The number of alkyl halides is 1. The molecule has 0 aromatic carbocycles. The average Bonchev–Trinajstić information content (AvgIpc) is 2.16. The lowest BCUT2D eigenvalue weighted by molar-refractivity contribution is -0.107. The van der Waals surface area contributed by atoms with Gasteiger partial charge in [0.2, 0.25) is 0 Å². The molecule has 0 fully saturated rings. The van der Waals surface area contributed by atoms with Gasteiger partial charge in [-0.15, -0.1) is 11.6 Å². The van der Waals surface area contributed by atoms with E-state index in [4.69, 9.17) is 11.6 Å². The van der Waals surface area contributed by atoms with Crippen molar-refractivity contribution in [2.75, 3.05) is 0 Å². The third-order valence-electron chi connectivity index (χ3n) is 2.23. The van der Waals surface area contributed by atoms with E-state index in [1.54, 1.807) is 0 Å². The van der Waals surface area contributed by atoms with E-state index in [1.165, 1.54) is 38.5 Å². The standard InChI is InChI=1S/C11H21ClO/c1-2-3-4-5-6-7-8-9-11(12)10-13/h10-11H,2-9H2,1H3/t11-/m0/s1. The third-order valence-corrected chi connectivity index (χ3v) is 2.55. The molecule has 0 aliphatic rings. The lowest BCUT2D eigenvalue weighted by Gasteiger charge is -2.01. The number of carbonyl (C=O) groups is 1. The number of carbonyl (C=O) groups excluding carboxylic acids is 1. The van der Waals surface area contributed by atoms with Gasteiger partial charge in [0, 0.05) is 0 Å². The molecule has 1 atom stereocenters. The van der Waals surface area contributed by atoms with Gasteiger partial charge < -0.3 is 4.79 Å². The van der Waals surface area contributed by atoms with Gasteiger partial charge in [0.05, 0.1) is 5.38 Å². The van der Waals surface area contributed by atoms with Crippen LogP contribution in [-0.4, -0.2) is 11.7 Å². The molecule has 0 aliphatic heterocycles. The van der Waals surface area contributed by atoms with Gasteiger partial charge >= 0.3 is 0 Å². The van der Waals surface area contributed by atoms with Gasteiger partial charge in [0.15, 0.2) is 0 Å². The zero-order valence-corrected chi connectivity index (χ0v) is 9.35. The molecule has 0 radical (unpaired) electrons. The Morgan fingerprint density at radius 2 is 1.62 bits per heavy atom. The molecule has 0 saturated carbocycles. The van der Waals surface area contributed by atoms with E-state index in [1.807, 2.05) is 0 Å². The summed E-state index contributed by atoms with van der Waals surface area (Å²) in [7, 11) is 0. The quantitative estimate of drug-likeness (QED) is 0.316. The molecule has 0 amide bonds. The fourth-order valence-corrected chi connectivity index (χ4v) is 1.52. The van der Waals surface area contributed by atoms with Crippen molar-refractivity contribution in [2.45, 2.75) is 63.7 Å². The van der Waals surface area contributed by atoms with Crippen LogP contribution in [0.3, 0.4) is 0 Å². The van der Waals surface area contributed by atoms with E-state index in [0.29, 0.717) is 0 Å². The molecule has 0 heterocycles. The molecule has 1 nitrogen and oxygen atoms in total. The topological polar surface area (TPSA) is 17.1 Å². The summed E-state index contributed by atoms with van der Waals surface area (Å²) in [6, 6.07) is 0. The monoisotopic (exact) mass is 204 g/mol. The molecule has 0 unspecified atom stereocenters. The van der Waals surface area contributed by atoms with Crippen molar-refractivity contribution in [3.8, 4) is 0 Å². The Bertz CT molecular complexity index is 115. The minimum absolute atomic E-state index is 0.254. The fourth-order valence-electron chi connectivity index (χ4n) is 1.36. The van der Waals surface area contributed by atoms with Crippen molar-refractivity contribution in [2.24, 2.45) is 0 Å².